The van der Waals surface area contributed by atoms with E-state index in [0.717, 1.165) is 17.7 Å². The molecule has 2 rings (SSSR count). The predicted octanol–water partition coefficient (Wildman–Crippen LogP) is 2.46. The van der Waals surface area contributed by atoms with E-state index in [0.29, 0.717) is 0 Å². The van der Waals surface area contributed by atoms with Crippen molar-refractivity contribution in [1.29, 1.82) is 0 Å². The number of carbonyl (C=O) groups is 1. The maximum absolute atomic E-state index is 13.9. The van der Waals surface area contributed by atoms with Gasteiger partial charge in [0.15, 0.2) is 0 Å². The molecule has 1 atom stereocenters. The second-order valence-electron chi connectivity index (χ2n) is 4.93. The third-order valence-corrected chi connectivity index (χ3v) is 3.44. The average molecular weight is 290 g/mol. The molecule has 3 N–H and O–H groups in total. The summed E-state index contributed by atoms with van der Waals surface area (Å²) < 4.78 is 27.9. The molecule has 0 saturated carbocycles. The third kappa shape index (κ3) is 3.08. The van der Waals surface area contributed by atoms with E-state index < -0.39 is 23.1 Å². The van der Waals surface area contributed by atoms with Crippen LogP contribution in [-0.4, -0.2) is 5.91 Å². The minimum absolute atomic E-state index is 0.258. The van der Waals surface area contributed by atoms with E-state index in [-0.39, 0.29) is 12.1 Å². The van der Waals surface area contributed by atoms with Gasteiger partial charge < -0.3 is 5.73 Å². The van der Waals surface area contributed by atoms with Gasteiger partial charge in [-0.05, 0) is 24.6 Å². The predicted molar refractivity (Wildman–Crippen MR) is 76.2 cm³/mol. The molecule has 0 aromatic heterocycles. The fraction of sp³-hybridized carbons (Fsp3) is 0.188. The van der Waals surface area contributed by atoms with Crippen molar-refractivity contribution in [3.05, 3.63) is 71.3 Å². The first kappa shape index (κ1) is 15.1. The average Bonchev–Trinajstić information content (AvgIpc) is 2.46. The highest BCUT2D eigenvalue weighted by atomic mass is 19.1. The standard InChI is InChI=1S/C16H16F2N2O/c1-16(15(19)21,14-12(17)8-5-9-13(14)18)20-10-11-6-3-2-4-7-11/h2-9,20H,10H2,1H3,(H2,19,21). The second kappa shape index (κ2) is 6.01. The molecule has 0 aliphatic rings. The van der Waals surface area contributed by atoms with Crippen molar-refractivity contribution in [2.45, 2.75) is 19.0 Å². The molecule has 0 heterocycles. The van der Waals surface area contributed by atoms with E-state index >= 15 is 0 Å². The van der Waals surface area contributed by atoms with E-state index in [1.807, 2.05) is 30.3 Å². The van der Waals surface area contributed by atoms with Gasteiger partial charge in [-0.1, -0.05) is 36.4 Å². The van der Waals surface area contributed by atoms with Gasteiger partial charge in [-0.25, -0.2) is 8.78 Å². The van der Waals surface area contributed by atoms with Crippen molar-refractivity contribution in [2.24, 2.45) is 5.73 Å². The fourth-order valence-electron chi connectivity index (χ4n) is 2.15. The number of halogens is 2. The Kier molecular flexibility index (Phi) is 4.33. The summed E-state index contributed by atoms with van der Waals surface area (Å²) in [4.78, 5) is 11.8. The molecule has 0 saturated heterocycles. The lowest BCUT2D eigenvalue weighted by molar-refractivity contribution is -0.124. The molecule has 0 aliphatic carbocycles. The van der Waals surface area contributed by atoms with E-state index in [1.54, 1.807) is 0 Å². The Morgan fingerprint density at radius 3 is 2.19 bits per heavy atom. The Labute approximate surface area is 121 Å². The Balaban J connectivity index is 2.35. The van der Waals surface area contributed by atoms with Crippen LogP contribution in [0.2, 0.25) is 0 Å². The number of benzene rings is 2. The van der Waals surface area contributed by atoms with Crippen molar-refractivity contribution >= 4 is 5.91 Å². The molecule has 0 radical (unpaired) electrons. The number of amides is 1. The lowest BCUT2D eigenvalue weighted by Crippen LogP contribution is -2.51. The second-order valence-corrected chi connectivity index (χ2v) is 4.93. The highest BCUT2D eigenvalue weighted by Gasteiger charge is 2.37. The molecule has 1 amide bonds. The van der Waals surface area contributed by atoms with Crippen LogP contribution in [0.4, 0.5) is 8.78 Å². The molecule has 1 unspecified atom stereocenters. The van der Waals surface area contributed by atoms with Crippen LogP contribution in [0.1, 0.15) is 18.1 Å². The van der Waals surface area contributed by atoms with Gasteiger partial charge in [0, 0.05) is 6.54 Å². The summed E-state index contributed by atoms with van der Waals surface area (Å²) in [6.45, 7) is 1.63. The summed E-state index contributed by atoms with van der Waals surface area (Å²) in [6.07, 6.45) is 0. The Morgan fingerprint density at radius 1 is 1.10 bits per heavy atom. The molecule has 110 valence electrons. The van der Waals surface area contributed by atoms with Crippen LogP contribution in [-0.2, 0) is 16.9 Å². The van der Waals surface area contributed by atoms with Gasteiger partial charge in [0.1, 0.15) is 17.2 Å². The SMILES string of the molecule is CC(NCc1ccccc1)(C(N)=O)c1c(F)cccc1F. The van der Waals surface area contributed by atoms with Crippen molar-refractivity contribution in [2.75, 3.05) is 0 Å². The minimum Gasteiger partial charge on any atom is -0.368 e. The van der Waals surface area contributed by atoms with Crippen molar-refractivity contribution < 1.29 is 13.6 Å². The zero-order valence-electron chi connectivity index (χ0n) is 11.6. The van der Waals surface area contributed by atoms with Crippen LogP contribution in [0, 0.1) is 11.6 Å². The maximum Gasteiger partial charge on any atom is 0.242 e. The van der Waals surface area contributed by atoms with Gasteiger partial charge >= 0.3 is 0 Å². The van der Waals surface area contributed by atoms with Crippen molar-refractivity contribution in [3.8, 4) is 0 Å². The van der Waals surface area contributed by atoms with Gasteiger partial charge in [-0.3, -0.25) is 10.1 Å². The van der Waals surface area contributed by atoms with Crippen LogP contribution in [0.3, 0.4) is 0 Å². The zero-order valence-corrected chi connectivity index (χ0v) is 11.6. The molecular weight excluding hydrogens is 274 g/mol. The third-order valence-electron chi connectivity index (χ3n) is 3.44. The van der Waals surface area contributed by atoms with Crippen LogP contribution < -0.4 is 11.1 Å². The highest BCUT2D eigenvalue weighted by Crippen LogP contribution is 2.26. The van der Waals surface area contributed by atoms with Crippen LogP contribution in [0.15, 0.2) is 48.5 Å². The van der Waals surface area contributed by atoms with E-state index in [4.69, 9.17) is 5.73 Å². The van der Waals surface area contributed by atoms with Crippen molar-refractivity contribution in [1.82, 2.24) is 5.32 Å². The summed E-state index contributed by atoms with van der Waals surface area (Å²) in [5.74, 6) is -2.46. The number of nitrogens with one attached hydrogen (secondary N) is 1. The highest BCUT2D eigenvalue weighted by molar-refractivity contribution is 5.85. The van der Waals surface area contributed by atoms with Crippen LogP contribution >= 0.6 is 0 Å². The Hall–Kier alpha value is -2.27. The molecule has 0 bridgehead atoms. The number of primary amides is 1. The van der Waals surface area contributed by atoms with Crippen LogP contribution in [0.5, 0.6) is 0 Å². The first-order valence-electron chi connectivity index (χ1n) is 6.48. The van der Waals surface area contributed by atoms with E-state index in [2.05, 4.69) is 5.32 Å². The lowest BCUT2D eigenvalue weighted by Gasteiger charge is -2.29. The normalized spacial score (nSPS) is 13.7. The first-order chi connectivity index (χ1) is 9.95. The molecule has 5 heteroatoms. The van der Waals surface area contributed by atoms with Gasteiger partial charge in [-0.2, -0.15) is 0 Å². The summed E-state index contributed by atoms with van der Waals surface area (Å²) >= 11 is 0. The molecule has 2 aromatic rings. The quantitative estimate of drug-likeness (QED) is 0.888. The summed E-state index contributed by atoms with van der Waals surface area (Å²) in [5, 5.41) is 2.86. The lowest BCUT2D eigenvalue weighted by atomic mass is 9.89. The topological polar surface area (TPSA) is 55.1 Å². The monoisotopic (exact) mass is 290 g/mol. The maximum atomic E-state index is 13.9. The number of hydrogen-bond donors (Lipinski definition) is 2. The summed E-state index contributed by atoms with van der Waals surface area (Å²) in [5.41, 5.74) is 4.25. The number of nitrogens with two attached hydrogens (primary N) is 1. The zero-order chi connectivity index (χ0) is 15.5. The fourth-order valence-corrected chi connectivity index (χ4v) is 2.15. The van der Waals surface area contributed by atoms with Gasteiger partial charge in [0.05, 0.1) is 5.56 Å². The van der Waals surface area contributed by atoms with Gasteiger partial charge in [0.2, 0.25) is 5.91 Å². The molecule has 0 aliphatic heterocycles. The largest absolute Gasteiger partial charge is 0.368 e. The van der Waals surface area contributed by atoms with E-state index in [9.17, 15) is 13.6 Å². The number of rotatable bonds is 5. The minimum atomic E-state index is -1.63. The summed E-state index contributed by atoms with van der Waals surface area (Å²) in [7, 11) is 0. The van der Waals surface area contributed by atoms with Gasteiger partial charge in [-0.15, -0.1) is 0 Å². The smallest absolute Gasteiger partial charge is 0.242 e. The van der Waals surface area contributed by atoms with Gasteiger partial charge in [0.25, 0.3) is 0 Å². The molecule has 21 heavy (non-hydrogen) atoms. The summed E-state index contributed by atoms with van der Waals surface area (Å²) in [6, 6.07) is 12.6. The first-order valence-corrected chi connectivity index (χ1v) is 6.48. The molecule has 0 fully saturated rings. The Bertz CT molecular complexity index is 626. The Morgan fingerprint density at radius 2 is 1.67 bits per heavy atom. The van der Waals surface area contributed by atoms with E-state index in [1.165, 1.54) is 13.0 Å². The molecular formula is C16H16F2N2O. The molecule has 3 nitrogen and oxygen atoms in total. The number of carbonyl (C=O) groups excluding carboxylic acids is 1. The van der Waals surface area contributed by atoms with Crippen LogP contribution in [0.25, 0.3) is 0 Å². The number of hydrogen-bond acceptors (Lipinski definition) is 2. The van der Waals surface area contributed by atoms with Crippen molar-refractivity contribution in [3.63, 3.8) is 0 Å². The molecule has 0 spiro atoms. The molecule has 2 aromatic carbocycles.